The Morgan fingerprint density at radius 2 is 2.17 bits per heavy atom. The van der Waals surface area contributed by atoms with Gasteiger partial charge in [0.05, 0.1) is 12.7 Å². The summed E-state index contributed by atoms with van der Waals surface area (Å²) in [5, 5.41) is 0. The maximum atomic E-state index is 12.1. The number of rotatable bonds is 4. The van der Waals surface area contributed by atoms with E-state index in [0.717, 1.165) is 12.0 Å². The van der Waals surface area contributed by atoms with E-state index in [1.165, 1.54) is 5.56 Å². The maximum absolute atomic E-state index is 12.1. The molecule has 98 valence electrons. The molecule has 0 aliphatic carbocycles. The van der Waals surface area contributed by atoms with Crippen molar-refractivity contribution in [3.63, 3.8) is 0 Å². The Labute approximate surface area is 108 Å². The summed E-state index contributed by atoms with van der Waals surface area (Å²) in [6.07, 6.45) is 1.27. The SMILES string of the molecule is CC(N)C(C)C(=O)CC1OCCc2ccccc21. The van der Waals surface area contributed by atoms with Crippen LogP contribution in [0.15, 0.2) is 24.3 Å². The summed E-state index contributed by atoms with van der Waals surface area (Å²) < 4.78 is 5.74. The van der Waals surface area contributed by atoms with Gasteiger partial charge in [0, 0.05) is 18.4 Å². The van der Waals surface area contributed by atoms with Crippen molar-refractivity contribution in [3.05, 3.63) is 35.4 Å². The number of nitrogens with two attached hydrogens (primary N) is 1. The fraction of sp³-hybridized carbons (Fsp3) is 0.533. The molecule has 0 aromatic heterocycles. The molecule has 18 heavy (non-hydrogen) atoms. The van der Waals surface area contributed by atoms with Crippen LogP contribution in [0.2, 0.25) is 0 Å². The highest BCUT2D eigenvalue weighted by Gasteiger charge is 2.26. The van der Waals surface area contributed by atoms with E-state index in [-0.39, 0.29) is 23.8 Å². The number of fused-ring (bicyclic) bond motifs is 1. The van der Waals surface area contributed by atoms with Crippen LogP contribution in [0.4, 0.5) is 0 Å². The third-order valence-electron chi connectivity index (χ3n) is 3.78. The minimum absolute atomic E-state index is 0.0938. The van der Waals surface area contributed by atoms with Crippen LogP contribution in [0.3, 0.4) is 0 Å². The molecule has 0 radical (unpaired) electrons. The summed E-state index contributed by atoms with van der Waals surface area (Å²) in [6.45, 7) is 4.46. The van der Waals surface area contributed by atoms with E-state index in [0.29, 0.717) is 13.0 Å². The highest BCUT2D eigenvalue weighted by Crippen LogP contribution is 2.30. The van der Waals surface area contributed by atoms with Crippen molar-refractivity contribution in [2.75, 3.05) is 6.61 Å². The van der Waals surface area contributed by atoms with Gasteiger partial charge in [-0.05, 0) is 24.5 Å². The third kappa shape index (κ3) is 2.79. The monoisotopic (exact) mass is 247 g/mol. The normalized spacial score (nSPS) is 22.1. The molecule has 1 aromatic carbocycles. The van der Waals surface area contributed by atoms with E-state index in [9.17, 15) is 4.79 Å². The van der Waals surface area contributed by atoms with Crippen LogP contribution in [0.5, 0.6) is 0 Å². The predicted octanol–water partition coefficient (Wildman–Crippen LogP) is 2.24. The molecular formula is C15H21NO2. The predicted molar refractivity (Wildman–Crippen MR) is 71.3 cm³/mol. The van der Waals surface area contributed by atoms with Crippen molar-refractivity contribution in [1.82, 2.24) is 0 Å². The second-order valence-electron chi connectivity index (χ2n) is 5.13. The van der Waals surface area contributed by atoms with Crippen LogP contribution < -0.4 is 5.73 Å². The highest BCUT2D eigenvalue weighted by atomic mass is 16.5. The number of carbonyl (C=O) groups excluding carboxylic acids is 1. The van der Waals surface area contributed by atoms with Gasteiger partial charge in [-0.3, -0.25) is 4.79 Å². The molecule has 0 saturated heterocycles. The average molecular weight is 247 g/mol. The Morgan fingerprint density at radius 1 is 1.44 bits per heavy atom. The number of ether oxygens (including phenoxy) is 1. The molecule has 2 rings (SSSR count). The van der Waals surface area contributed by atoms with Gasteiger partial charge in [-0.2, -0.15) is 0 Å². The molecule has 1 aromatic rings. The van der Waals surface area contributed by atoms with E-state index in [2.05, 4.69) is 12.1 Å². The molecule has 1 heterocycles. The second kappa shape index (κ2) is 5.63. The molecule has 3 heteroatoms. The summed E-state index contributed by atoms with van der Waals surface area (Å²) in [4.78, 5) is 12.1. The topological polar surface area (TPSA) is 52.3 Å². The first-order valence-electron chi connectivity index (χ1n) is 6.57. The van der Waals surface area contributed by atoms with E-state index in [1.54, 1.807) is 0 Å². The van der Waals surface area contributed by atoms with Crippen LogP contribution in [0.25, 0.3) is 0 Å². The molecule has 0 amide bonds. The van der Waals surface area contributed by atoms with Gasteiger partial charge in [-0.1, -0.05) is 31.2 Å². The van der Waals surface area contributed by atoms with Gasteiger partial charge < -0.3 is 10.5 Å². The zero-order chi connectivity index (χ0) is 13.1. The second-order valence-corrected chi connectivity index (χ2v) is 5.13. The Kier molecular flexibility index (Phi) is 4.15. The average Bonchev–Trinajstić information content (AvgIpc) is 2.38. The Morgan fingerprint density at radius 3 is 2.89 bits per heavy atom. The fourth-order valence-electron chi connectivity index (χ4n) is 2.31. The molecule has 0 saturated carbocycles. The summed E-state index contributed by atoms with van der Waals surface area (Å²) >= 11 is 0. The van der Waals surface area contributed by atoms with Gasteiger partial charge in [0.2, 0.25) is 0 Å². The van der Waals surface area contributed by atoms with Crippen molar-refractivity contribution in [3.8, 4) is 0 Å². The summed E-state index contributed by atoms with van der Waals surface area (Å²) in [5.41, 5.74) is 8.24. The lowest BCUT2D eigenvalue weighted by Crippen LogP contribution is -2.32. The number of carbonyl (C=O) groups is 1. The number of ketones is 1. The maximum Gasteiger partial charge on any atom is 0.140 e. The van der Waals surface area contributed by atoms with Crippen molar-refractivity contribution in [1.29, 1.82) is 0 Å². The van der Waals surface area contributed by atoms with Gasteiger partial charge in [-0.15, -0.1) is 0 Å². The summed E-state index contributed by atoms with van der Waals surface area (Å²) in [5.74, 6) is 0.0781. The zero-order valence-electron chi connectivity index (χ0n) is 11.1. The lowest BCUT2D eigenvalue weighted by atomic mass is 9.90. The van der Waals surface area contributed by atoms with Crippen LogP contribution in [-0.2, 0) is 16.0 Å². The van der Waals surface area contributed by atoms with Gasteiger partial charge in [0.15, 0.2) is 0 Å². The molecular weight excluding hydrogens is 226 g/mol. The standard InChI is InChI=1S/C15H21NO2/c1-10(11(2)16)14(17)9-15-13-6-4-3-5-12(13)7-8-18-15/h3-6,10-11,15H,7-9,16H2,1-2H3. The van der Waals surface area contributed by atoms with Crippen LogP contribution in [0.1, 0.15) is 37.5 Å². The summed E-state index contributed by atoms with van der Waals surface area (Å²) in [7, 11) is 0. The molecule has 3 nitrogen and oxygen atoms in total. The molecule has 3 atom stereocenters. The van der Waals surface area contributed by atoms with E-state index >= 15 is 0 Å². The van der Waals surface area contributed by atoms with Crippen molar-refractivity contribution in [2.24, 2.45) is 11.7 Å². The Bertz CT molecular complexity index is 428. The van der Waals surface area contributed by atoms with Crippen molar-refractivity contribution < 1.29 is 9.53 Å². The Hall–Kier alpha value is -1.19. The molecule has 0 spiro atoms. The summed E-state index contributed by atoms with van der Waals surface area (Å²) in [6, 6.07) is 8.11. The van der Waals surface area contributed by atoms with Gasteiger partial charge >= 0.3 is 0 Å². The minimum Gasteiger partial charge on any atom is -0.373 e. The quantitative estimate of drug-likeness (QED) is 0.887. The van der Waals surface area contributed by atoms with E-state index in [1.807, 2.05) is 26.0 Å². The first-order chi connectivity index (χ1) is 8.59. The van der Waals surface area contributed by atoms with E-state index in [4.69, 9.17) is 10.5 Å². The van der Waals surface area contributed by atoms with Gasteiger partial charge in [-0.25, -0.2) is 0 Å². The third-order valence-corrected chi connectivity index (χ3v) is 3.78. The number of hydrogen-bond acceptors (Lipinski definition) is 3. The highest BCUT2D eigenvalue weighted by molar-refractivity contribution is 5.82. The van der Waals surface area contributed by atoms with Crippen molar-refractivity contribution in [2.45, 2.75) is 38.8 Å². The first kappa shape index (κ1) is 13.2. The molecule has 3 unspecified atom stereocenters. The number of Topliss-reactive ketones (excluding diaryl/α,β-unsaturated/α-hetero) is 1. The van der Waals surface area contributed by atoms with Crippen LogP contribution in [-0.4, -0.2) is 18.4 Å². The van der Waals surface area contributed by atoms with Crippen molar-refractivity contribution >= 4 is 5.78 Å². The molecule has 1 aliphatic rings. The molecule has 0 fully saturated rings. The first-order valence-corrected chi connectivity index (χ1v) is 6.57. The largest absolute Gasteiger partial charge is 0.373 e. The lowest BCUT2D eigenvalue weighted by Gasteiger charge is -2.27. The van der Waals surface area contributed by atoms with Crippen LogP contribution in [0, 0.1) is 5.92 Å². The Balaban J connectivity index is 2.10. The number of benzene rings is 1. The van der Waals surface area contributed by atoms with E-state index < -0.39 is 0 Å². The lowest BCUT2D eigenvalue weighted by molar-refractivity contribution is -0.126. The molecule has 2 N–H and O–H groups in total. The zero-order valence-corrected chi connectivity index (χ0v) is 11.1. The number of hydrogen-bond donors (Lipinski definition) is 1. The molecule has 1 aliphatic heterocycles. The minimum atomic E-state index is -0.109. The van der Waals surface area contributed by atoms with Gasteiger partial charge in [0.25, 0.3) is 0 Å². The van der Waals surface area contributed by atoms with Gasteiger partial charge in [0.1, 0.15) is 5.78 Å². The smallest absolute Gasteiger partial charge is 0.140 e. The fourth-order valence-corrected chi connectivity index (χ4v) is 2.31. The molecule has 0 bridgehead atoms. The van der Waals surface area contributed by atoms with Crippen LogP contribution >= 0.6 is 0 Å².